The van der Waals surface area contributed by atoms with Gasteiger partial charge in [-0.2, -0.15) is 26.3 Å². The minimum absolute atomic E-state index is 0. The molecule has 0 saturated carbocycles. The minimum Gasteiger partial charge on any atom is -0.540 e. The number of carbonyl (C=O) groups is 1. The molecule has 0 amide bonds. The Balaban J connectivity index is 0.000000617. The van der Waals surface area contributed by atoms with Crippen LogP contribution in [0.1, 0.15) is 0 Å². The van der Waals surface area contributed by atoms with Gasteiger partial charge in [-0.15, -0.1) is 23.9 Å². The summed E-state index contributed by atoms with van der Waals surface area (Å²) in [7, 11) is 3.25. The van der Waals surface area contributed by atoms with Crippen LogP contribution < -0.4 is 9.47 Å². The number of alkyl halides is 6. The van der Waals surface area contributed by atoms with Crippen LogP contribution in [-0.4, -0.2) is 48.7 Å². The summed E-state index contributed by atoms with van der Waals surface area (Å²) in [4.78, 5) is 15.4. The molecule has 0 atom stereocenters. The van der Waals surface area contributed by atoms with Gasteiger partial charge in [-0.3, -0.25) is 4.79 Å². The molecule has 5 nitrogen and oxygen atoms in total. The number of aliphatic hydroxyl groups excluding tert-OH is 1. The number of methoxy groups -OCH3 is 2. The number of rotatable bonds is 5. The van der Waals surface area contributed by atoms with Gasteiger partial charge in [-0.1, -0.05) is 17.7 Å². The Bertz CT molecular complexity index is 935. The van der Waals surface area contributed by atoms with Crippen LogP contribution >= 0.6 is 11.8 Å². The predicted octanol–water partition coefficient (Wildman–Crippen LogP) is 5.41. The largest absolute Gasteiger partial charge is 0.540 e. The molecule has 0 fully saturated rings. The third kappa shape index (κ3) is 9.12. The molecule has 1 aromatic carbocycles. The van der Waals surface area contributed by atoms with E-state index in [2.05, 4.69) is 11.1 Å². The summed E-state index contributed by atoms with van der Waals surface area (Å²) in [5.74, 6) is -3.91. The molecule has 0 aliphatic rings. The first-order chi connectivity index (χ1) is 14.3. The zero-order valence-electron chi connectivity index (χ0n) is 16.6. The third-order valence-corrected chi connectivity index (χ3v) is 4.12. The van der Waals surface area contributed by atoms with Gasteiger partial charge < -0.3 is 19.6 Å². The first kappa shape index (κ1) is 29.8. The molecule has 2 aromatic rings. The molecule has 2 rings (SSSR count). The summed E-state index contributed by atoms with van der Waals surface area (Å²) in [6.45, 7) is 0. The molecule has 13 heteroatoms. The molecule has 1 heterocycles. The van der Waals surface area contributed by atoms with Gasteiger partial charge in [-0.05, 0) is 18.0 Å². The summed E-state index contributed by atoms with van der Waals surface area (Å²) in [6, 6.07) is 10.8. The second-order valence-corrected chi connectivity index (χ2v) is 6.33. The van der Waals surface area contributed by atoms with Crippen molar-refractivity contribution in [2.45, 2.75) is 17.2 Å². The van der Waals surface area contributed by atoms with Crippen LogP contribution in [0.25, 0.3) is 11.3 Å². The standard InChI is InChI=1S/C14H14NO2S.C5H2F6O2.Pt/c1-16-10-4-5-12(14(8-10)17-2)13-9-11(18-3)6-7-15-13;6-4(7,8)2(12)1-3(13)5(9,10)11;/h4,6-9H,1-3H3;1,12H;/q-1;;/b;2-1-;. The Morgan fingerprint density at radius 3 is 2.22 bits per heavy atom. The van der Waals surface area contributed by atoms with Gasteiger partial charge in [0.2, 0.25) is 5.76 Å². The Hall–Kier alpha value is -2.20. The molecule has 0 aliphatic heterocycles. The summed E-state index contributed by atoms with van der Waals surface area (Å²) in [5, 5.41) is 7.93. The van der Waals surface area contributed by atoms with Crippen LogP contribution in [0.4, 0.5) is 26.3 Å². The molecular weight excluding hydrogens is 647 g/mol. The Kier molecular flexibility index (Phi) is 11.9. The van der Waals surface area contributed by atoms with E-state index in [0.29, 0.717) is 5.75 Å². The second kappa shape index (κ2) is 12.7. The van der Waals surface area contributed by atoms with E-state index in [4.69, 9.17) is 14.6 Å². The molecular formula is C19H16F6NO4PtS-. The van der Waals surface area contributed by atoms with Crippen molar-refractivity contribution in [1.82, 2.24) is 4.98 Å². The van der Waals surface area contributed by atoms with E-state index >= 15 is 0 Å². The number of aliphatic hydroxyl groups is 1. The second-order valence-electron chi connectivity index (χ2n) is 5.45. The number of thioether (sulfide) groups is 1. The fourth-order valence-corrected chi connectivity index (χ4v) is 2.33. The number of carbonyl (C=O) groups excluding carboxylic acids is 1. The maximum absolute atomic E-state index is 11.4. The molecule has 1 aromatic heterocycles. The van der Waals surface area contributed by atoms with Crippen molar-refractivity contribution in [2.75, 3.05) is 20.5 Å². The normalized spacial score (nSPS) is 11.6. The minimum atomic E-state index is -5.42. The summed E-state index contributed by atoms with van der Waals surface area (Å²) < 4.78 is 78.6. The maximum Gasteiger partial charge on any atom is 0.454 e. The van der Waals surface area contributed by atoms with E-state index in [1.807, 2.05) is 24.5 Å². The molecule has 0 bridgehead atoms. The van der Waals surface area contributed by atoms with E-state index in [-0.39, 0.29) is 21.1 Å². The molecule has 0 radical (unpaired) electrons. The number of aromatic nitrogens is 1. The number of ketones is 1. The summed E-state index contributed by atoms with van der Waals surface area (Å²) >= 11 is 1.68. The fourth-order valence-electron chi connectivity index (χ4n) is 1.90. The zero-order valence-corrected chi connectivity index (χ0v) is 19.7. The number of benzene rings is 1. The van der Waals surface area contributed by atoms with Crippen molar-refractivity contribution in [3.8, 4) is 22.8 Å². The number of hydrogen-bond acceptors (Lipinski definition) is 6. The van der Waals surface area contributed by atoms with Crippen LogP contribution in [0.15, 0.2) is 47.2 Å². The van der Waals surface area contributed by atoms with Crippen LogP contribution in [0.2, 0.25) is 0 Å². The van der Waals surface area contributed by atoms with Gasteiger partial charge in [0.15, 0.2) is 0 Å². The van der Waals surface area contributed by atoms with Crippen molar-refractivity contribution < 1.29 is 66.8 Å². The SMILES string of the molecule is COc1c[c-]c(-c2cc(SC)ccn2)c(OC)c1.O=C(/C=C(\O)C(F)(F)F)C(F)(F)F.[Pt]. The molecule has 0 unspecified atom stereocenters. The Morgan fingerprint density at radius 2 is 1.75 bits per heavy atom. The molecule has 0 spiro atoms. The number of allylic oxidation sites excluding steroid dienone is 2. The van der Waals surface area contributed by atoms with Gasteiger partial charge in [0.25, 0.3) is 5.78 Å². The van der Waals surface area contributed by atoms with Crippen LogP contribution in [0.3, 0.4) is 0 Å². The average molecular weight is 663 g/mol. The average Bonchev–Trinajstić information content (AvgIpc) is 2.72. The smallest absolute Gasteiger partial charge is 0.454 e. The number of nitrogens with zero attached hydrogens (tertiary/aromatic N) is 1. The molecule has 0 aliphatic carbocycles. The first-order valence-electron chi connectivity index (χ1n) is 8.06. The van der Waals surface area contributed by atoms with Gasteiger partial charge in [-0.25, -0.2) is 0 Å². The Labute approximate surface area is 198 Å². The van der Waals surface area contributed by atoms with E-state index in [9.17, 15) is 31.1 Å². The van der Waals surface area contributed by atoms with Crippen molar-refractivity contribution in [3.05, 3.63) is 48.4 Å². The van der Waals surface area contributed by atoms with Crippen molar-refractivity contribution in [1.29, 1.82) is 0 Å². The summed E-state index contributed by atoms with van der Waals surface area (Å²) in [6.07, 6.45) is -7.85. The van der Waals surface area contributed by atoms with Crippen molar-refractivity contribution in [3.63, 3.8) is 0 Å². The number of hydrogen-bond donors (Lipinski definition) is 1. The zero-order chi connectivity index (χ0) is 23.8. The van der Waals surface area contributed by atoms with Gasteiger partial charge in [0.05, 0.1) is 14.2 Å². The molecule has 32 heavy (non-hydrogen) atoms. The van der Waals surface area contributed by atoms with E-state index < -0.39 is 30.0 Å². The summed E-state index contributed by atoms with van der Waals surface area (Å²) in [5.41, 5.74) is 1.69. The molecule has 180 valence electrons. The molecule has 0 saturated heterocycles. The third-order valence-electron chi connectivity index (χ3n) is 3.40. The van der Waals surface area contributed by atoms with Crippen LogP contribution in [-0.2, 0) is 25.9 Å². The van der Waals surface area contributed by atoms with E-state index in [0.717, 1.165) is 21.9 Å². The quantitative estimate of drug-likeness (QED) is 0.152. The molecule has 1 N–H and O–H groups in total. The van der Waals surface area contributed by atoms with Crippen LogP contribution in [0.5, 0.6) is 11.5 Å². The number of pyridine rings is 1. The van der Waals surface area contributed by atoms with Crippen molar-refractivity contribution in [2.24, 2.45) is 0 Å². The van der Waals surface area contributed by atoms with E-state index in [1.54, 1.807) is 38.2 Å². The predicted molar refractivity (Wildman–Crippen MR) is 101 cm³/mol. The Morgan fingerprint density at radius 1 is 1.12 bits per heavy atom. The van der Waals surface area contributed by atoms with Crippen molar-refractivity contribution >= 4 is 17.5 Å². The monoisotopic (exact) mass is 663 g/mol. The van der Waals surface area contributed by atoms with Gasteiger partial charge >= 0.3 is 12.4 Å². The fraction of sp³-hybridized carbons (Fsp3) is 0.263. The number of ether oxygens (including phenoxy) is 2. The number of halogens is 6. The maximum atomic E-state index is 11.4. The van der Waals surface area contributed by atoms with E-state index in [1.165, 1.54) is 0 Å². The van der Waals surface area contributed by atoms with Crippen LogP contribution in [0, 0.1) is 6.07 Å². The topological polar surface area (TPSA) is 68.7 Å². The van der Waals surface area contributed by atoms with Gasteiger partial charge in [0, 0.05) is 49.7 Å². The first-order valence-corrected chi connectivity index (χ1v) is 9.29. The van der Waals surface area contributed by atoms with Gasteiger partial charge in [0.1, 0.15) is 0 Å².